The van der Waals surface area contributed by atoms with E-state index >= 15 is 0 Å². The van der Waals surface area contributed by atoms with E-state index in [2.05, 4.69) is 29.7 Å². The zero-order valence-corrected chi connectivity index (χ0v) is 13.0. The summed E-state index contributed by atoms with van der Waals surface area (Å²) in [5, 5.41) is 8.08. The highest BCUT2D eigenvalue weighted by Gasteiger charge is 2.20. The number of thiocarbonyl (C=S) groups is 1. The number of nitrogens with one attached hydrogen (secondary N) is 3. The lowest BCUT2D eigenvalue weighted by Gasteiger charge is -2.27. The fraction of sp³-hybridized carbons (Fsp3) is 0.467. The number of para-hydroxylation sites is 1. The normalized spacial score (nSPS) is 18.8. The first-order chi connectivity index (χ1) is 9.65. The Balaban J connectivity index is 1.77. The smallest absolute Gasteiger partial charge is 0.191 e. The quantitative estimate of drug-likeness (QED) is 0.583. The standard InChI is InChI=1S/C15H22N4S/c1-12(2)19-10-8-14(9-11-19)17-18-15(20)16-13-6-4-3-5-7-13/h3-7,12H,8-11H2,1-2H3,(H2,16,18,20)/p+1. The van der Waals surface area contributed by atoms with Gasteiger partial charge in [0.1, 0.15) is 0 Å². The molecule has 0 atom stereocenters. The van der Waals surface area contributed by atoms with Crippen LogP contribution in [-0.2, 0) is 0 Å². The summed E-state index contributed by atoms with van der Waals surface area (Å²) >= 11 is 5.23. The first-order valence-electron chi connectivity index (χ1n) is 7.17. The van der Waals surface area contributed by atoms with Gasteiger partial charge in [-0.3, -0.25) is 5.43 Å². The monoisotopic (exact) mass is 291 g/mol. The summed E-state index contributed by atoms with van der Waals surface area (Å²) in [5.41, 5.74) is 5.13. The van der Waals surface area contributed by atoms with E-state index in [1.807, 2.05) is 30.3 Å². The lowest BCUT2D eigenvalue weighted by Crippen LogP contribution is -3.16. The second-order valence-corrected chi connectivity index (χ2v) is 5.83. The average molecular weight is 291 g/mol. The van der Waals surface area contributed by atoms with Crippen LogP contribution in [-0.4, -0.2) is 30.0 Å². The Morgan fingerprint density at radius 1 is 1.20 bits per heavy atom. The van der Waals surface area contributed by atoms with Gasteiger partial charge in [0.25, 0.3) is 0 Å². The van der Waals surface area contributed by atoms with Crippen molar-refractivity contribution in [3.63, 3.8) is 0 Å². The highest BCUT2D eigenvalue weighted by molar-refractivity contribution is 7.80. The SMILES string of the molecule is CC(C)[NH+]1CCC(=NNC(=S)Nc2ccccc2)CC1. The number of piperidine rings is 1. The molecule has 1 aliphatic heterocycles. The van der Waals surface area contributed by atoms with Crippen LogP contribution in [0.15, 0.2) is 35.4 Å². The molecule has 1 saturated heterocycles. The molecule has 0 radical (unpaired) electrons. The van der Waals surface area contributed by atoms with Crippen molar-refractivity contribution in [3.8, 4) is 0 Å². The molecule has 0 amide bonds. The lowest BCUT2D eigenvalue weighted by molar-refractivity contribution is -0.922. The first-order valence-corrected chi connectivity index (χ1v) is 7.58. The Morgan fingerprint density at radius 2 is 1.85 bits per heavy atom. The van der Waals surface area contributed by atoms with E-state index in [0.29, 0.717) is 11.2 Å². The van der Waals surface area contributed by atoms with Gasteiger partial charge < -0.3 is 10.2 Å². The van der Waals surface area contributed by atoms with Crippen molar-refractivity contribution in [2.45, 2.75) is 32.7 Å². The van der Waals surface area contributed by atoms with Crippen LogP contribution >= 0.6 is 12.2 Å². The maximum atomic E-state index is 5.23. The summed E-state index contributed by atoms with van der Waals surface area (Å²) in [4.78, 5) is 1.66. The zero-order chi connectivity index (χ0) is 14.4. The van der Waals surface area contributed by atoms with Crippen molar-refractivity contribution in [1.82, 2.24) is 5.43 Å². The lowest BCUT2D eigenvalue weighted by atomic mass is 10.1. The highest BCUT2D eigenvalue weighted by Crippen LogP contribution is 2.04. The fourth-order valence-electron chi connectivity index (χ4n) is 2.36. The Bertz CT molecular complexity index is 460. The molecule has 108 valence electrons. The minimum atomic E-state index is 0.544. The minimum Gasteiger partial charge on any atom is -0.332 e. The molecule has 0 saturated carbocycles. The predicted molar refractivity (Wildman–Crippen MR) is 88.3 cm³/mol. The summed E-state index contributed by atoms with van der Waals surface area (Å²) in [6.45, 7) is 6.87. The number of hydrazone groups is 1. The fourth-order valence-corrected chi connectivity index (χ4v) is 2.52. The van der Waals surface area contributed by atoms with Crippen molar-refractivity contribution in [2.24, 2.45) is 5.10 Å². The molecule has 1 aromatic carbocycles. The zero-order valence-electron chi connectivity index (χ0n) is 12.1. The predicted octanol–water partition coefficient (Wildman–Crippen LogP) is 1.42. The number of quaternary nitrogens is 1. The Labute approximate surface area is 126 Å². The van der Waals surface area contributed by atoms with Crippen LogP contribution in [0.25, 0.3) is 0 Å². The molecule has 2 rings (SSSR count). The maximum Gasteiger partial charge on any atom is 0.191 e. The van der Waals surface area contributed by atoms with Crippen LogP contribution in [0.4, 0.5) is 5.69 Å². The molecule has 5 heteroatoms. The average Bonchev–Trinajstić information content (AvgIpc) is 2.46. The van der Waals surface area contributed by atoms with Gasteiger partial charge in [0, 0.05) is 24.2 Å². The molecule has 1 aromatic rings. The van der Waals surface area contributed by atoms with E-state index < -0.39 is 0 Å². The van der Waals surface area contributed by atoms with E-state index in [0.717, 1.165) is 31.6 Å². The van der Waals surface area contributed by atoms with Crippen molar-refractivity contribution in [1.29, 1.82) is 0 Å². The van der Waals surface area contributed by atoms with Crippen LogP contribution in [0.5, 0.6) is 0 Å². The number of anilines is 1. The highest BCUT2D eigenvalue weighted by atomic mass is 32.1. The van der Waals surface area contributed by atoms with Crippen molar-refractivity contribution >= 4 is 28.7 Å². The van der Waals surface area contributed by atoms with Gasteiger partial charge in [-0.05, 0) is 38.2 Å². The van der Waals surface area contributed by atoms with Gasteiger partial charge in [0.05, 0.1) is 19.1 Å². The van der Waals surface area contributed by atoms with Gasteiger partial charge in [-0.15, -0.1) is 0 Å². The van der Waals surface area contributed by atoms with E-state index in [4.69, 9.17) is 12.2 Å². The topological polar surface area (TPSA) is 40.9 Å². The summed E-state index contributed by atoms with van der Waals surface area (Å²) in [6.07, 6.45) is 2.10. The molecule has 3 N–H and O–H groups in total. The first kappa shape index (κ1) is 14.9. The summed E-state index contributed by atoms with van der Waals surface area (Å²) in [6, 6.07) is 10.6. The number of hydrogen-bond donors (Lipinski definition) is 3. The van der Waals surface area contributed by atoms with E-state index in [1.165, 1.54) is 5.71 Å². The summed E-state index contributed by atoms with van der Waals surface area (Å²) in [5.74, 6) is 0. The third-order valence-corrected chi connectivity index (χ3v) is 3.83. The van der Waals surface area contributed by atoms with Crippen LogP contribution in [0.2, 0.25) is 0 Å². The van der Waals surface area contributed by atoms with Crippen LogP contribution < -0.4 is 15.6 Å². The molecule has 0 aromatic heterocycles. The van der Waals surface area contributed by atoms with Gasteiger partial charge in [0.15, 0.2) is 5.11 Å². The summed E-state index contributed by atoms with van der Waals surface area (Å²) in [7, 11) is 0. The third-order valence-electron chi connectivity index (χ3n) is 3.63. The van der Waals surface area contributed by atoms with Gasteiger partial charge >= 0.3 is 0 Å². The number of hydrogen-bond acceptors (Lipinski definition) is 2. The van der Waals surface area contributed by atoms with Crippen molar-refractivity contribution < 1.29 is 4.90 Å². The molecular weight excluding hydrogens is 268 g/mol. The molecule has 0 bridgehead atoms. The Hall–Kier alpha value is -1.46. The van der Waals surface area contributed by atoms with E-state index in [-0.39, 0.29) is 0 Å². The number of nitrogens with zero attached hydrogens (tertiary/aromatic N) is 1. The van der Waals surface area contributed by atoms with Gasteiger partial charge in [-0.2, -0.15) is 5.10 Å². The minimum absolute atomic E-state index is 0.544. The second-order valence-electron chi connectivity index (χ2n) is 5.42. The Kier molecular flexibility index (Phi) is 5.49. The van der Waals surface area contributed by atoms with Crippen LogP contribution in [0.1, 0.15) is 26.7 Å². The number of benzene rings is 1. The number of likely N-dealkylation sites (tertiary alicyclic amines) is 1. The largest absolute Gasteiger partial charge is 0.332 e. The maximum absolute atomic E-state index is 5.23. The van der Waals surface area contributed by atoms with Gasteiger partial charge in [-0.25, -0.2) is 0 Å². The second kappa shape index (κ2) is 7.36. The van der Waals surface area contributed by atoms with Crippen molar-refractivity contribution in [2.75, 3.05) is 18.4 Å². The Morgan fingerprint density at radius 3 is 2.45 bits per heavy atom. The van der Waals surface area contributed by atoms with E-state index in [1.54, 1.807) is 4.90 Å². The van der Waals surface area contributed by atoms with Crippen LogP contribution in [0.3, 0.4) is 0 Å². The van der Waals surface area contributed by atoms with Gasteiger partial charge in [-0.1, -0.05) is 18.2 Å². The molecule has 1 aliphatic rings. The molecular formula is C15H23N4S+. The van der Waals surface area contributed by atoms with Gasteiger partial charge in [0.2, 0.25) is 0 Å². The molecule has 0 aliphatic carbocycles. The van der Waals surface area contributed by atoms with E-state index in [9.17, 15) is 0 Å². The van der Waals surface area contributed by atoms with Crippen LogP contribution in [0, 0.1) is 0 Å². The molecule has 1 heterocycles. The molecule has 4 nitrogen and oxygen atoms in total. The molecule has 20 heavy (non-hydrogen) atoms. The number of rotatable bonds is 3. The molecule has 1 fully saturated rings. The molecule has 0 unspecified atom stereocenters. The third kappa shape index (κ3) is 4.58. The summed E-state index contributed by atoms with van der Waals surface area (Å²) < 4.78 is 0. The van der Waals surface area contributed by atoms with Crippen molar-refractivity contribution in [3.05, 3.63) is 30.3 Å². The molecule has 0 spiro atoms.